The van der Waals surface area contributed by atoms with Crippen LogP contribution in [0.2, 0.25) is 0 Å². The van der Waals surface area contributed by atoms with Crippen molar-refractivity contribution >= 4 is 31.9 Å². The molecule has 2 aromatic carbocycles. The molecule has 8 heteroatoms. The molecule has 1 aliphatic heterocycles. The predicted octanol–water partition coefficient (Wildman–Crippen LogP) is 4.01. The van der Waals surface area contributed by atoms with Crippen molar-refractivity contribution < 1.29 is 17.6 Å². The van der Waals surface area contributed by atoms with Crippen LogP contribution in [0.3, 0.4) is 0 Å². The second-order valence-corrected chi connectivity index (χ2v) is 10.2. The van der Waals surface area contributed by atoms with E-state index in [-0.39, 0.29) is 29.4 Å². The lowest BCUT2D eigenvalue weighted by atomic mass is 9.96. The summed E-state index contributed by atoms with van der Waals surface area (Å²) in [5.74, 6) is -0.675. The molecular weight excluding hydrogens is 459 g/mol. The van der Waals surface area contributed by atoms with E-state index in [1.165, 1.54) is 16.4 Å². The average Bonchev–Trinajstić information content (AvgIpc) is 2.70. The summed E-state index contributed by atoms with van der Waals surface area (Å²) in [5, 5.41) is 2.95. The number of nitrogens with one attached hydrogen (secondary N) is 1. The summed E-state index contributed by atoms with van der Waals surface area (Å²) in [6.07, 6.45) is 0.975. The van der Waals surface area contributed by atoms with Gasteiger partial charge in [-0.2, -0.15) is 0 Å². The number of carbonyl (C=O) groups is 1. The minimum atomic E-state index is -3.42. The van der Waals surface area contributed by atoms with Crippen LogP contribution >= 0.6 is 15.9 Å². The fourth-order valence-corrected chi connectivity index (χ4v) is 5.27. The first-order valence-corrected chi connectivity index (χ1v) is 11.9. The summed E-state index contributed by atoms with van der Waals surface area (Å²) in [6.45, 7) is 2.52. The molecule has 1 fully saturated rings. The van der Waals surface area contributed by atoms with Crippen LogP contribution < -0.4 is 5.32 Å². The predicted molar refractivity (Wildman–Crippen MR) is 114 cm³/mol. The summed E-state index contributed by atoms with van der Waals surface area (Å²) in [7, 11) is -3.42. The Morgan fingerprint density at radius 3 is 2.31 bits per heavy atom. The molecule has 2 aromatic rings. The standard InChI is InChI=1S/C21H24BrFN2O3S/c1-15(17-4-8-20(23)9-5-17)24-21(26)18-10-12-25(13-11-18)29(27,28)14-16-2-6-19(22)7-3-16/h2-9,15,18H,10-14H2,1H3,(H,24,26)/t15-/m1/s1. The van der Waals surface area contributed by atoms with E-state index in [1.807, 2.05) is 19.1 Å². The molecule has 156 valence electrons. The lowest BCUT2D eigenvalue weighted by Gasteiger charge is -2.31. The molecule has 1 amide bonds. The summed E-state index contributed by atoms with van der Waals surface area (Å²) in [4.78, 5) is 12.6. The molecular formula is C21H24BrFN2O3S. The molecule has 1 heterocycles. The van der Waals surface area contributed by atoms with Gasteiger partial charge in [0, 0.05) is 23.5 Å². The molecule has 1 aliphatic rings. The van der Waals surface area contributed by atoms with E-state index in [9.17, 15) is 17.6 Å². The van der Waals surface area contributed by atoms with Crippen molar-refractivity contribution in [3.63, 3.8) is 0 Å². The van der Waals surface area contributed by atoms with E-state index in [0.717, 1.165) is 15.6 Å². The number of hydrogen-bond donors (Lipinski definition) is 1. The van der Waals surface area contributed by atoms with Gasteiger partial charge in [0.2, 0.25) is 15.9 Å². The number of nitrogens with zero attached hydrogens (tertiary/aromatic N) is 1. The summed E-state index contributed by atoms with van der Waals surface area (Å²) in [5.41, 5.74) is 1.57. The third kappa shape index (κ3) is 5.87. The lowest BCUT2D eigenvalue weighted by Crippen LogP contribution is -2.43. The Labute approximate surface area is 179 Å². The maximum atomic E-state index is 13.0. The maximum absolute atomic E-state index is 13.0. The Morgan fingerprint density at radius 1 is 1.14 bits per heavy atom. The Kier molecular flexibility index (Phi) is 7.08. The summed E-state index contributed by atoms with van der Waals surface area (Å²) < 4.78 is 40.8. The van der Waals surface area contributed by atoms with E-state index in [4.69, 9.17) is 0 Å². The van der Waals surface area contributed by atoms with Crippen molar-refractivity contribution in [1.29, 1.82) is 0 Å². The van der Waals surface area contributed by atoms with Crippen molar-refractivity contribution in [3.05, 3.63) is 69.9 Å². The van der Waals surface area contributed by atoms with Crippen LogP contribution in [0.5, 0.6) is 0 Å². The summed E-state index contributed by atoms with van der Waals surface area (Å²) in [6, 6.07) is 13.0. The molecule has 0 unspecified atom stereocenters. The third-order valence-corrected chi connectivity index (χ3v) is 7.59. The fraction of sp³-hybridized carbons (Fsp3) is 0.381. The van der Waals surface area contributed by atoms with Crippen LogP contribution in [0.1, 0.15) is 36.9 Å². The monoisotopic (exact) mass is 482 g/mol. The molecule has 29 heavy (non-hydrogen) atoms. The Morgan fingerprint density at radius 2 is 1.72 bits per heavy atom. The van der Waals surface area contributed by atoms with E-state index in [0.29, 0.717) is 25.9 Å². The second-order valence-electron chi connectivity index (χ2n) is 7.34. The minimum absolute atomic E-state index is 0.0429. The molecule has 0 aliphatic carbocycles. The van der Waals surface area contributed by atoms with Crippen molar-refractivity contribution in [1.82, 2.24) is 9.62 Å². The van der Waals surface area contributed by atoms with Gasteiger partial charge in [0.05, 0.1) is 11.8 Å². The Hall–Kier alpha value is -1.77. The number of halogens is 2. The van der Waals surface area contributed by atoms with Gasteiger partial charge in [-0.1, -0.05) is 40.2 Å². The maximum Gasteiger partial charge on any atom is 0.223 e. The third-order valence-electron chi connectivity index (χ3n) is 5.21. The van der Waals surface area contributed by atoms with Crippen molar-refractivity contribution in [3.8, 4) is 0 Å². The highest BCUT2D eigenvalue weighted by Gasteiger charge is 2.31. The highest BCUT2D eigenvalue weighted by atomic mass is 79.9. The van der Waals surface area contributed by atoms with Crippen LogP contribution in [0.25, 0.3) is 0 Å². The molecule has 1 N–H and O–H groups in total. The van der Waals surface area contributed by atoms with E-state index >= 15 is 0 Å². The number of hydrogen-bond acceptors (Lipinski definition) is 3. The quantitative estimate of drug-likeness (QED) is 0.676. The van der Waals surface area contributed by atoms with Gasteiger partial charge in [0.1, 0.15) is 5.82 Å². The van der Waals surface area contributed by atoms with Crippen LogP contribution in [-0.2, 0) is 20.6 Å². The molecule has 0 aromatic heterocycles. The molecule has 5 nitrogen and oxygen atoms in total. The van der Waals surface area contributed by atoms with Crippen LogP contribution in [0, 0.1) is 11.7 Å². The van der Waals surface area contributed by atoms with Gasteiger partial charge in [-0.25, -0.2) is 17.1 Å². The van der Waals surface area contributed by atoms with E-state index in [2.05, 4.69) is 21.2 Å². The zero-order chi connectivity index (χ0) is 21.0. The van der Waals surface area contributed by atoms with Crippen molar-refractivity contribution in [2.24, 2.45) is 5.92 Å². The first-order chi connectivity index (χ1) is 13.7. The molecule has 1 saturated heterocycles. The van der Waals surface area contributed by atoms with Crippen molar-refractivity contribution in [2.45, 2.75) is 31.6 Å². The van der Waals surface area contributed by atoms with Gasteiger partial charge >= 0.3 is 0 Å². The molecule has 0 radical (unpaired) electrons. The highest BCUT2D eigenvalue weighted by Crippen LogP contribution is 2.23. The largest absolute Gasteiger partial charge is 0.349 e. The van der Waals surface area contributed by atoms with E-state index < -0.39 is 10.0 Å². The smallest absolute Gasteiger partial charge is 0.223 e. The molecule has 0 saturated carbocycles. The summed E-state index contributed by atoms with van der Waals surface area (Å²) >= 11 is 3.34. The van der Waals surface area contributed by atoms with Gasteiger partial charge in [0.25, 0.3) is 0 Å². The molecule has 1 atom stereocenters. The second kappa shape index (κ2) is 9.36. The van der Waals surface area contributed by atoms with Crippen molar-refractivity contribution in [2.75, 3.05) is 13.1 Å². The lowest BCUT2D eigenvalue weighted by molar-refractivity contribution is -0.126. The van der Waals surface area contributed by atoms with Gasteiger partial charge < -0.3 is 5.32 Å². The van der Waals surface area contributed by atoms with Crippen LogP contribution in [-0.4, -0.2) is 31.7 Å². The van der Waals surface area contributed by atoms with Gasteiger partial charge in [0.15, 0.2) is 0 Å². The number of amides is 1. The zero-order valence-electron chi connectivity index (χ0n) is 16.1. The SMILES string of the molecule is C[C@@H](NC(=O)C1CCN(S(=O)(=O)Cc2ccc(Br)cc2)CC1)c1ccc(F)cc1. The Bertz CT molecular complexity index is 941. The van der Waals surface area contributed by atoms with Gasteiger partial charge in [-0.15, -0.1) is 0 Å². The zero-order valence-corrected chi connectivity index (χ0v) is 18.5. The number of benzene rings is 2. The molecule has 0 bridgehead atoms. The number of rotatable bonds is 6. The Balaban J connectivity index is 1.53. The van der Waals surface area contributed by atoms with Crippen LogP contribution in [0.4, 0.5) is 4.39 Å². The molecule has 3 rings (SSSR count). The number of sulfonamides is 1. The number of carbonyl (C=O) groups excluding carboxylic acids is 1. The topological polar surface area (TPSA) is 66.5 Å². The van der Waals surface area contributed by atoms with Gasteiger partial charge in [-0.3, -0.25) is 4.79 Å². The average molecular weight is 483 g/mol. The fourth-order valence-electron chi connectivity index (χ4n) is 3.44. The minimum Gasteiger partial charge on any atom is -0.349 e. The normalized spacial score (nSPS) is 17.1. The first-order valence-electron chi connectivity index (χ1n) is 9.53. The first kappa shape index (κ1) is 21.9. The number of piperidine rings is 1. The van der Waals surface area contributed by atoms with Crippen LogP contribution in [0.15, 0.2) is 53.0 Å². The highest BCUT2D eigenvalue weighted by molar-refractivity contribution is 9.10. The molecule has 0 spiro atoms. The van der Waals surface area contributed by atoms with E-state index in [1.54, 1.807) is 24.3 Å². The van der Waals surface area contributed by atoms with Gasteiger partial charge in [-0.05, 0) is 55.2 Å².